The Labute approximate surface area is 864 Å². The van der Waals surface area contributed by atoms with E-state index in [0.29, 0.717) is 61.1 Å². The van der Waals surface area contributed by atoms with E-state index in [2.05, 4.69) is 60.0 Å². The molecule has 5 unspecified atom stereocenters. The van der Waals surface area contributed by atoms with Gasteiger partial charge < -0.3 is 77.4 Å². The average Bonchev–Trinajstić information content (AvgIpc) is 1.51. The molecule has 2 aliphatic carbocycles. The Morgan fingerprint density at radius 3 is 0.923 bits per heavy atom. The number of rotatable bonds is 36. The van der Waals surface area contributed by atoms with Gasteiger partial charge in [-0.05, 0) is 181 Å². The van der Waals surface area contributed by atoms with Crippen LogP contribution in [0.25, 0.3) is 0 Å². The number of anilines is 5. The summed E-state index contributed by atoms with van der Waals surface area (Å²) in [6, 6.07) is 26.1. The van der Waals surface area contributed by atoms with Gasteiger partial charge in [0.25, 0.3) is 0 Å². The molecule has 13 rings (SSSR count). The van der Waals surface area contributed by atoms with Gasteiger partial charge in [0.05, 0.1) is 64.7 Å². The van der Waals surface area contributed by atoms with Gasteiger partial charge in [0.15, 0.2) is 28.9 Å². The number of primary amides is 2. The molecule has 1 spiro atoms. The van der Waals surface area contributed by atoms with Crippen molar-refractivity contribution in [2.45, 2.75) is 214 Å². The largest absolute Gasteiger partial charge is 1.00 e. The van der Waals surface area contributed by atoms with Gasteiger partial charge in [-0.3, -0.25) is 44.6 Å². The summed E-state index contributed by atoms with van der Waals surface area (Å²) in [5, 5.41) is 12.8. The Kier molecular flexibility index (Phi) is 43.5. The molecule has 5 aromatic heterocycles. The van der Waals surface area contributed by atoms with Crippen LogP contribution < -0.4 is 86.0 Å². The topological polar surface area (TPSA) is 545 Å². The number of nitrogens with one attached hydrogen (secondary N) is 4. The predicted octanol–water partition coefficient (Wildman–Crippen LogP) is 13.7. The first-order valence-electron chi connectivity index (χ1n) is 45.5. The molecule has 143 heavy (non-hydrogen) atoms. The summed E-state index contributed by atoms with van der Waals surface area (Å²) < 4.78 is 104. The summed E-state index contributed by atoms with van der Waals surface area (Å²) >= 11 is 30.6. The number of ketones is 5. The first-order chi connectivity index (χ1) is 66.5. The van der Waals surface area contributed by atoms with E-state index < -0.39 is 116 Å². The molecule has 3 fully saturated rings. The predicted molar refractivity (Wildman–Crippen MR) is 543 cm³/mol. The Hall–Kier alpha value is -11.3. The zero-order valence-corrected chi connectivity index (χ0v) is 85.6. The molecule has 1 saturated heterocycles. The molecule has 3 aliphatic rings. The Morgan fingerprint density at radius 2 is 0.685 bits per heavy atom. The van der Waals surface area contributed by atoms with Crippen LogP contribution in [-0.2, 0) is 34.7 Å². The number of amides is 3. The molecule has 10 aromatic rings. The second kappa shape index (κ2) is 52.5. The quantitative estimate of drug-likeness (QED) is 0.00570. The van der Waals surface area contributed by atoms with Gasteiger partial charge in [-0.25, -0.2) is 59.6 Å². The third kappa shape index (κ3) is 28.5. The second-order valence-corrected chi connectivity index (χ2v) is 39.3. The molecule has 23 N–H and O–H groups in total. The Bertz CT molecular complexity index is 6220. The summed E-state index contributed by atoms with van der Waals surface area (Å²) in [7, 11) is -3.72. The van der Waals surface area contributed by atoms with Gasteiger partial charge in [0.2, 0.25) is 27.7 Å². The molecule has 2 bridgehead atoms. The van der Waals surface area contributed by atoms with Crippen LogP contribution in [-0.4, -0.2) is 127 Å². The summed E-state index contributed by atoms with van der Waals surface area (Å²) in [5.74, 6) is -6.00. The number of carbonyl (C=O) groups excluding carboxylic acids is 9. The number of fused-ring (bicyclic) bond motifs is 1. The molecular weight excluding hydrogens is 1970 g/mol. The Morgan fingerprint density at radius 1 is 0.427 bits per heavy atom. The molecule has 42 heteroatoms. The van der Waals surface area contributed by atoms with Crippen molar-refractivity contribution in [1.29, 1.82) is 0 Å². The van der Waals surface area contributed by atoms with E-state index in [0.717, 1.165) is 12.8 Å². The van der Waals surface area contributed by atoms with Crippen molar-refractivity contribution in [3.63, 3.8) is 0 Å². The maximum absolute atomic E-state index is 15.8. The number of pyridine rings is 5. The fraction of sp³-hybridized carbons (Fsp3) is 0.366. The van der Waals surface area contributed by atoms with E-state index in [1.54, 1.807) is 26.8 Å². The van der Waals surface area contributed by atoms with Gasteiger partial charge >= 0.3 is 18.9 Å². The zero-order chi connectivity index (χ0) is 104. The number of sulfonamides is 1. The number of halogens is 10. The summed E-state index contributed by atoms with van der Waals surface area (Å²) in [4.78, 5) is 129. The maximum atomic E-state index is 15.8. The summed E-state index contributed by atoms with van der Waals surface area (Å²) in [6.07, 6.45) is 13.8. The molecule has 30 nitrogen and oxygen atoms in total. The van der Waals surface area contributed by atoms with Gasteiger partial charge in [0, 0.05) is 160 Å². The third-order valence-electron chi connectivity index (χ3n) is 25.4. The van der Waals surface area contributed by atoms with E-state index in [4.69, 9.17) is 104 Å². The molecule has 760 valence electrons. The van der Waals surface area contributed by atoms with Crippen LogP contribution in [0.2, 0.25) is 25.1 Å². The first kappa shape index (κ1) is 119. The number of hydrogen-bond donors (Lipinski definition) is 12. The van der Waals surface area contributed by atoms with E-state index in [1.165, 1.54) is 151 Å². The fourth-order valence-electron chi connectivity index (χ4n) is 17.9. The van der Waals surface area contributed by atoms with Crippen molar-refractivity contribution in [1.82, 2.24) is 50.5 Å². The van der Waals surface area contributed by atoms with Gasteiger partial charge in [-0.1, -0.05) is 144 Å². The standard InChI is InChI=1S/C29H36ClFN4O4S.2C19H22ClFN4O2.C19H20ClFN3O2.C15H15ClFN3O.Li.H2O/c1-5-21(19-7-8-20(30)25(26(19)31)27(37)17-6-9-23(32)33-14-17)34-16(2)12-24(36)35-22-13-18-10-11-29(22,28(18,3)4)15-40(35,38)39;2*1-3-14(25-10(2)8-16(23)26)12-5-6-13(20)17(18(12)21)19(27)11-4-7-15(22)24-9-11;1-3-15(24-11(2)8-9-25)13-5-6-14(20)17(18(13)21)19(26)12-4-7-16(22)23-10-12;1-2-11(18)9-4-5-10(16)13(14(9)17)15(21)8-3-6-12(19)20-7-8;;/h6-9,14,16,18,21-22,34H,5,10-13,15H2,1-4H3,(H2,32,33);2*4-7,9-10,14,25H,3,8H2,1-2H3,(H2,22,24)(H2,23,26);4-7,10-11,15,24H,3,8H2,1-2H3,(H2,22,23);3-7,11H,2,18H2,1H3,(H2,19,20);;1H2/q;;;-1;;+1;/p+1/t16?,18?,21-,22?,29?;10-,14+;10-,14-;11?,15-;11-;;/m10111../s1. The van der Waals surface area contributed by atoms with Crippen LogP contribution in [0.5, 0.6) is 0 Å². The fourth-order valence-corrected chi connectivity index (χ4v) is 21.6. The maximum Gasteiger partial charge on any atom is 1.00 e. The number of aromatic nitrogens is 5. The van der Waals surface area contributed by atoms with Crippen LogP contribution in [0.15, 0.2) is 152 Å². The number of benzene rings is 5. The first-order valence-corrected chi connectivity index (χ1v) is 49.0. The summed E-state index contributed by atoms with van der Waals surface area (Å²) in [5.41, 5.74) is 44.7. The van der Waals surface area contributed by atoms with Crippen molar-refractivity contribution in [3.05, 3.63) is 290 Å². The minimum absolute atomic E-state index is 0. The van der Waals surface area contributed by atoms with E-state index in [9.17, 15) is 56.0 Å². The van der Waals surface area contributed by atoms with Crippen molar-refractivity contribution in [2.75, 3.05) is 34.4 Å². The second-order valence-electron chi connectivity index (χ2n) is 35.5. The Balaban J connectivity index is 0.000000246. The van der Waals surface area contributed by atoms with Crippen LogP contribution in [0.4, 0.5) is 51.0 Å². The minimum atomic E-state index is -3.72. The zero-order valence-electron chi connectivity index (χ0n) is 81.0. The van der Waals surface area contributed by atoms with E-state index >= 15 is 17.6 Å². The van der Waals surface area contributed by atoms with Crippen LogP contribution in [0.1, 0.15) is 291 Å². The van der Waals surface area contributed by atoms with Gasteiger partial charge in [-0.2, -0.15) is 0 Å². The molecule has 1 aliphatic heterocycles. The third-order valence-corrected chi connectivity index (χ3v) is 29.0. The number of nitrogens with two attached hydrogens (primary N) is 8. The molecule has 6 heterocycles. The summed E-state index contributed by atoms with van der Waals surface area (Å²) in [6.45, 7) is 20.8. The molecule has 0 radical (unpaired) electrons. The van der Waals surface area contributed by atoms with E-state index in [1.807, 2.05) is 47.8 Å². The van der Waals surface area contributed by atoms with Crippen molar-refractivity contribution in [2.24, 2.45) is 33.9 Å². The van der Waals surface area contributed by atoms with Gasteiger partial charge in [0.1, 0.15) is 58.2 Å². The molecule has 5 aromatic carbocycles. The number of hydrogen-bond acceptors (Lipinski definition) is 26. The normalized spacial score (nSPS) is 16.8. The van der Waals surface area contributed by atoms with E-state index in [-0.39, 0.29) is 218 Å². The smallest absolute Gasteiger partial charge is 0.542 e. The molecule has 12 atom stereocenters. The molecule has 3 amide bonds. The van der Waals surface area contributed by atoms with Crippen molar-refractivity contribution in [3.8, 4) is 0 Å². The molecule has 2 saturated carbocycles. The van der Waals surface area contributed by atoms with Crippen molar-refractivity contribution >= 4 is 150 Å². The average molecular weight is 2090 g/mol. The van der Waals surface area contributed by atoms with Gasteiger partial charge in [-0.15, -0.1) is 6.42 Å². The number of nitrogens with zero attached hydrogens (tertiary/aromatic N) is 6. The van der Waals surface area contributed by atoms with Crippen LogP contribution in [0, 0.1) is 45.8 Å². The van der Waals surface area contributed by atoms with Crippen LogP contribution >= 0.6 is 58.0 Å². The van der Waals surface area contributed by atoms with Crippen LogP contribution in [0.3, 0.4) is 0 Å². The number of nitrogen functional groups attached to an aromatic ring is 5. The number of carbonyl (C=O) groups is 8. The minimum Gasteiger partial charge on any atom is -0.542 e. The SMILES string of the molecule is CC[C@@H](N)c1ccc(Cl)c(C(=O)c2ccc(N)nc2)c1F.CC[C@@H](NC(C)CC(=O)N1C2CC3CCC2(CS1(=O)=O)C3(C)C)c1ccc(Cl)c(C(=O)c2ccc(N)nc2)c1F.CC[C@@H](NC(C)C[C-]=O)c1ccc(Cl)c(C(=O)c2ccc(N)nc2)c1F.CC[C@@H](N[C@@H](C)CC(N)=O)c1ccc(Cl)c(C(=O)c2ccc(N)nc2)c1F.CC[C@@H](N[C@H](C)CC(N)=O)c1ccc(Cl)c(C(=O)c2ccc(N)nc2)c1F.[Li+].[OH3+]. The van der Waals surface area contributed by atoms with Crippen molar-refractivity contribution < 1.29 is 97.9 Å². The molecular formula is C101H118Cl5F5LiN18O12S+. The monoisotopic (exact) mass is 2080 g/mol.